The molecule has 0 atom stereocenters. The summed E-state index contributed by atoms with van der Waals surface area (Å²) in [5, 5.41) is 26.0. The lowest BCUT2D eigenvalue weighted by molar-refractivity contribution is 0.403. The Labute approximate surface area is 137 Å². The molecular formula is C14H12Cl2N2O2S. The summed E-state index contributed by atoms with van der Waals surface area (Å²) < 4.78 is 0. The highest BCUT2D eigenvalue weighted by Crippen LogP contribution is 2.25. The molecule has 2 aromatic carbocycles. The average Bonchev–Trinajstić information content (AvgIpc) is 2.39. The van der Waals surface area contributed by atoms with Gasteiger partial charge < -0.3 is 20.8 Å². The fourth-order valence-corrected chi connectivity index (χ4v) is 2.38. The number of anilines is 1. The van der Waals surface area contributed by atoms with Crippen molar-refractivity contribution in [1.29, 1.82) is 0 Å². The second-order valence-corrected chi connectivity index (χ2v) is 5.57. The maximum Gasteiger partial charge on any atom is 0.171 e. The SMILES string of the molecule is Oc1ccc(CNC(=S)Nc2cc(Cl)cc(Cl)c2)cc1O. The number of benzene rings is 2. The van der Waals surface area contributed by atoms with E-state index in [1.165, 1.54) is 12.1 Å². The van der Waals surface area contributed by atoms with Crippen LogP contribution >= 0.6 is 35.4 Å². The number of rotatable bonds is 3. The molecule has 0 fully saturated rings. The molecule has 0 amide bonds. The first-order valence-electron chi connectivity index (χ1n) is 5.96. The van der Waals surface area contributed by atoms with Crippen LogP contribution in [0.3, 0.4) is 0 Å². The minimum Gasteiger partial charge on any atom is -0.504 e. The third-order valence-corrected chi connectivity index (χ3v) is 3.30. The first-order valence-corrected chi connectivity index (χ1v) is 7.12. The van der Waals surface area contributed by atoms with Crippen molar-refractivity contribution >= 4 is 46.2 Å². The highest BCUT2D eigenvalue weighted by atomic mass is 35.5. The first-order chi connectivity index (χ1) is 9.94. The van der Waals surface area contributed by atoms with Crippen molar-refractivity contribution in [3.8, 4) is 11.5 Å². The monoisotopic (exact) mass is 342 g/mol. The van der Waals surface area contributed by atoms with Gasteiger partial charge in [-0.15, -0.1) is 0 Å². The molecule has 0 aliphatic rings. The quantitative estimate of drug-likeness (QED) is 0.503. The Morgan fingerprint density at radius 2 is 1.67 bits per heavy atom. The van der Waals surface area contributed by atoms with Gasteiger partial charge in [-0.1, -0.05) is 29.3 Å². The van der Waals surface area contributed by atoms with Gasteiger partial charge >= 0.3 is 0 Å². The number of phenols is 2. The minimum absolute atomic E-state index is 0.159. The smallest absolute Gasteiger partial charge is 0.171 e. The van der Waals surface area contributed by atoms with Crippen molar-refractivity contribution in [3.63, 3.8) is 0 Å². The summed E-state index contributed by atoms with van der Waals surface area (Å²) in [4.78, 5) is 0. The van der Waals surface area contributed by atoms with Gasteiger partial charge in [0.05, 0.1) is 0 Å². The lowest BCUT2D eigenvalue weighted by atomic mass is 10.2. The van der Waals surface area contributed by atoms with E-state index in [1.807, 2.05) is 0 Å². The van der Waals surface area contributed by atoms with Gasteiger partial charge in [0, 0.05) is 22.3 Å². The third kappa shape index (κ3) is 4.67. The Bertz CT molecular complexity index is 660. The molecule has 0 aromatic heterocycles. The number of halogens is 2. The molecule has 0 aliphatic carbocycles. The van der Waals surface area contributed by atoms with E-state index in [1.54, 1.807) is 24.3 Å². The van der Waals surface area contributed by atoms with Crippen LogP contribution in [0.25, 0.3) is 0 Å². The Morgan fingerprint density at radius 3 is 2.29 bits per heavy atom. The average molecular weight is 343 g/mol. The van der Waals surface area contributed by atoms with E-state index in [4.69, 9.17) is 35.4 Å². The van der Waals surface area contributed by atoms with Crippen LogP contribution in [-0.4, -0.2) is 15.3 Å². The molecule has 110 valence electrons. The Kier molecular flexibility index (Phi) is 5.12. The van der Waals surface area contributed by atoms with Crippen LogP contribution in [0.5, 0.6) is 11.5 Å². The van der Waals surface area contributed by atoms with Crippen molar-refractivity contribution in [1.82, 2.24) is 5.32 Å². The first kappa shape index (κ1) is 15.7. The predicted octanol–water partition coefficient (Wildman–Crippen LogP) is 3.89. The second kappa shape index (κ2) is 6.85. The Hall–Kier alpha value is -1.69. The van der Waals surface area contributed by atoms with Crippen LogP contribution in [0.4, 0.5) is 5.69 Å². The van der Waals surface area contributed by atoms with Gasteiger partial charge in [-0.05, 0) is 48.1 Å². The zero-order valence-corrected chi connectivity index (χ0v) is 13.1. The van der Waals surface area contributed by atoms with E-state index < -0.39 is 0 Å². The summed E-state index contributed by atoms with van der Waals surface area (Å²) in [6.45, 7) is 0.397. The molecule has 0 heterocycles. The number of aromatic hydroxyl groups is 2. The van der Waals surface area contributed by atoms with Gasteiger partial charge in [0.25, 0.3) is 0 Å². The molecule has 21 heavy (non-hydrogen) atoms. The third-order valence-electron chi connectivity index (χ3n) is 2.61. The summed E-state index contributed by atoms with van der Waals surface area (Å²) in [6.07, 6.45) is 0. The topological polar surface area (TPSA) is 64.5 Å². The van der Waals surface area contributed by atoms with Gasteiger partial charge in [-0.25, -0.2) is 0 Å². The van der Waals surface area contributed by atoms with Gasteiger partial charge in [-0.2, -0.15) is 0 Å². The van der Waals surface area contributed by atoms with E-state index >= 15 is 0 Å². The standard InChI is InChI=1S/C14H12Cl2N2O2S/c15-9-4-10(16)6-11(5-9)18-14(21)17-7-8-1-2-12(19)13(20)3-8/h1-6,19-20H,7H2,(H2,17,18,21). The van der Waals surface area contributed by atoms with Gasteiger partial charge in [-0.3, -0.25) is 0 Å². The molecule has 2 rings (SSSR count). The van der Waals surface area contributed by atoms with E-state index in [0.717, 1.165) is 5.56 Å². The summed E-state index contributed by atoms with van der Waals surface area (Å²) in [5.41, 5.74) is 1.46. The zero-order chi connectivity index (χ0) is 15.4. The molecule has 4 N–H and O–H groups in total. The van der Waals surface area contributed by atoms with Crippen LogP contribution in [0, 0.1) is 0 Å². The molecule has 4 nitrogen and oxygen atoms in total. The fraction of sp³-hybridized carbons (Fsp3) is 0.0714. The van der Waals surface area contributed by atoms with Crippen LogP contribution in [0.1, 0.15) is 5.56 Å². The van der Waals surface area contributed by atoms with E-state index in [2.05, 4.69) is 10.6 Å². The predicted molar refractivity (Wildman–Crippen MR) is 89.3 cm³/mol. The number of phenolic OH excluding ortho intramolecular Hbond substituents is 2. The Balaban J connectivity index is 1.94. The van der Waals surface area contributed by atoms with E-state index in [9.17, 15) is 10.2 Å². The molecule has 0 aliphatic heterocycles. The molecular weight excluding hydrogens is 331 g/mol. The number of hydrogen-bond acceptors (Lipinski definition) is 3. The summed E-state index contributed by atoms with van der Waals surface area (Å²) in [6, 6.07) is 9.59. The van der Waals surface area contributed by atoms with Crippen molar-refractivity contribution in [2.45, 2.75) is 6.54 Å². The molecule has 0 radical (unpaired) electrons. The highest BCUT2D eigenvalue weighted by molar-refractivity contribution is 7.80. The highest BCUT2D eigenvalue weighted by Gasteiger charge is 2.03. The largest absolute Gasteiger partial charge is 0.504 e. The lowest BCUT2D eigenvalue weighted by Crippen LogP contribution is -2.27. The normalized spacial score (nSPS) is 10.2. The summed E-state index contributed by atoms with van der Waals surface area (Å²) in [7, 11) is 0. The van der Waals surface area contributed by atoms with Crippen molar-refractivity contribution < 1.29 is 10.2 Å². The second-order valence-electron chi connectivity index (χ2n) is 4.29. The summed E-state index contributed by atoms with van der Waals surface area (Å²) in [5.74, 6) is -0.331. The Morgan fingerprint density at radius 1 is 1.00 bits per heavy atom. The van der Waals surface area contributed by atoms with Crippen LogP contribution in [0.2, 0.25) is 10.0 Å². The van der Waals surface area contributed by atoms with Crippen molar-refractivity contribution in [2.24, 2.45) is 0 Å². The van der Waals surface area contributed by atoms with Crippen molar-refractivity contribution in [3.05, 3.63) is 52.0 Å². The lowest BCUT2D eigenvalue weighted by Gasteiger charge is -2.11. The van der Waals surface area contributed by atoms with Gasteiger partial charge in [0.2, 0.25) is 0 Å². The number of thiocarbonyl (C=S) groups is 1. The molecule has 0 bridgehead atoms. The number of hydrogen-bond donors (Lipinski definition) is 4. The maximum absolute atomic E-state index is 9.41. The van der Waals surface area contributed by atoms with Crippen LogP contribution in [0.15, 0.2) is 36.4 Å². The maximum atomic E-state index is 9.41. The van der Waals surface area contributed by atoms with E-state index in [-0.39, 0.29) is 11.5 Å². The molecule has 2 aromatic rings. The van der Waals surface area contributed by atoms with Gasteiger partial charge in [0.15, 0.2) is 16.6 Å². The van der Waals surface area contributed by atoms with E-state index in [0.29, 0.717) is 27.4 Å². The summed E-state index contributed by atoms with van der Waals surface area (Å²) >= 11 is 17.0. The van der Waals surface area contributed by atoms with Crippen molar-refractivity contribution in [2.75, 3.05) is 5.32 Å². The zero-order valence-electron chi connectivity index (χ0n) is 10.7. The minimum atomic E-state index is -0.171. The fourth-order valence-electron chi connectivity index (χ4n) is 1.66. The molecule has 0 saturated heterocycles. The number of nitrogens with one attached hydrogen (secondary N) is 2. The van der Waals surface area contributed by atoms with Crippen LogP contribution < -0.4 is 10.6 Å². The van der Waals surface area contributed by atoms with Gasteiger partial charge in [0.1, 0.15) is 0 Å². The molecule has 7 heteroatoms. The molecule has 0 saturated carbocycles. The molecule has 0 unspecified atom stereocenters. The molecule has 0 spiro atoms. The van der Waals surface area contributed by atoms with Crippen LogP contribution in [-0.2, 0) is 6.54 Å².